The number of likely N-dealkylation sites (N-methyl/N-ethyl adjacent to an activating group) is 1. The number of rotatable bonds is 5. The number of halogens is 2. The van der Waals surface area contributed by atoms with Gasteiger partial charge in [0.15, 0.2) is 0 Å². The van der Waals surface area contributed by atoms with Gasteiger partial charge in [0.1, 0.15) is 5.82 Å². The molecule has 0 heterocycles. The standard InChI is InChI=1S/C17H19BrFN/c1-3-20-17(10-13-6-4-12(2)5-7-13)15-11-14(19)8-9-16(15)18/h4-9,11,17,20H,3,10H2,1-2H3. The lowest BCUT2D eigenvalue weighted by atomic mass is 9.98. The smallest absolute Gasteiger partial charge is 0.123 e. The van der Waals surface area contributed by atoms with Crippen LogP contribution in [0.1, 0.15) is 29.7 Å². The van der Waals surface area contributed by atoms with Gasteiger partial charge in [-0.2, -0.15) is 0 Å². The summed E-state index contributed by atoms with van der Waals surface area (Å²) in [4.78, 5) is 0. The molecular formula is C17H19BrFN. The van der Waals surface area contributed by atoms with Crippen molar-refractivity contribution in [2.75, 3.05) is 6.54 Å². The molecule has 0 aliphatic rings. The summed E-state index contributed by atoms with van der Waals surface area (Å²) < 4.78 is 14.4. The van der Waals surface area contributed by atoms with Gasteiger partial charge < -0.3 is 5.32 Å². The Morgan fingerprint density at radius 1 is 1.15 bits per heavy atom. The summed E-state index contributed by atoms with van der Waals surface area (Å²) in [5.74, 6) is -0.199. The summed E-state index contributed by atoms with van der Waals surface area (Å²) in [5, 5.41) is 3.43. The first-order chi connectivity index (χ1) is 9.60. The zero-order chi connectivity index (χ0) is 14.5. The molecule has 1 unspecified atom stereocenters. The first-order valence-corrected chi connectivity index (χ1v) is 7.63. The Labute approximate surface area is 128 Å². The van der Waals surface area contributed by atoms with Gasteiger partial charge in [-0.05, 0) is 49.2 Å². The molecule has 1 atom stereocenters. The lowest BCUT2D eigenvalue weighted by molar-refractivity contribution is 0.540. The fourth-order valence-electron chi connectivity index (χ4n) is 2.28. The SMILES string of the molecule is CCNC(Cc1ccc(C)cc1)c1cc(F)ccc1Br. The van der Waals surface area contributed by atoms with Crippen LogP contribution in [0.3, 0.4) is 0 Å². The van der Waals surface area contributed by atoms with Crippen LogP contribution in [0, 0.1) is 12.7 Å². The van der Waals surface area contributed by atoms with Crippen LogP contribution in [0.15, 0.2) is 46.9 Å². The first-order valence-electron chi connectivity index (χ1n) is 6.84. The predicted octanol–water partition coefficient (Wildman–Crippen LogP) is 4.79. The summed E-state index contributed by atoms with van der Waals surface area (Å²) >= 11 is 3.52. The van der Waals surface area contributed by atoms with E-state index in [1.807, 2.05) is 0 Å². The minimum Gasteiger partial charge on any atom is -0.310 e. The Morgan fingerprint density at radius 3 is 2.50 bits per heavy atom. The molecule has 2 aromatic carbocycles. The molecule has 1 nitrogen and oxygen atoms in total. The van der Waals surface area contributed by atoms with E-state index in [1.54, 1.807) is 12.1 Å². The summed E-state index contributed by atoms with van der Waals surface area (Å²) in [5.41, 5.74) is 3.46. The van der Waals surface area contributed by atoms with Crippen molar-refractivity contribution in [2.45, 2.75) is 26.3 Å². The lowest BCUT2D eigenvalue weighted by Crippen LogP contribution is -2.23. The molecule has 0 aromatic heterocycles. The van der Waals surface area contributed by atoms with Crippen LogP contribution in [-0.2, 0) is 6.42 Å². The zero-order valence-electron chi connectivity index (χ0n) is 11.8. The van der Waals surface area contributed by atoms with Crippen molar-refractivity contribution in [3.8, 4) is 0 Å². The van der Waals surface area contributed by atoms with E-state index < -0.39 is 0 Å². The van der Waals surface area contributed by atoms with Crippen LogP contribution in [-0.4, -0.2) is 6.54 Å². The molecule has 0 spiro atoms. The third kappa shape index (κ3) is 3.90. The highest BCUT2D eigenvalue weighted by atomic mass is 79.9. The average molecular weight is 336 g/mol. The van der Waals surface area contributed by atoms with E-state index in [4.69, 9.17) is 0 Å². The fourth-order valence-corrected chi connectivity index (χ4v) is 2.80. The lowest BCUT2D eigenvalue weighted by Gasteiger charge is -2.20. The minimum atomic E-state index is -0.199. The number of nitrogens with one attached hydrogen (secondary N) is 1. The van der Waals surface area contributed by atoms with Gasteiger partial charge >= 0.3 is 0 Å². The zero-order valence-corrected chi connectivity index (χ0v) is 13.4. The number of hydrogen-bond donors (Lipinski definition) is 1. The maximum Gasteiger partial charge on any atom is 0.123 e. The highest BCUT2D eigenvalue weighted by Crippen LogP contribution is 2.27. The van der Waals surface area contributed by atoms with Gasteiger partial charge in [-0.1, -0.05) is 52.7 Å². The first kappa shape index (κ1) is 15.2. The average Bonchev–Trinajstić information content (AvgIpc) is 2.43. The molecule has 0 fully saturated rings. The van der Waals surface area contributed by atoms with Gasteiger partial charge in [0.05, 0.1) is 0 Å². The van der Waals surface area contributed by atoms with E-state index in [0.717, 1.165) is 23.0 Å². The minimum absolute atomic E-state index is 0.104. The van der Waals surface area contributed by atoms with Gasteiger partial charge in [-0.15, -0.1) is 0 Å². The third-order valence-electron chi connectivity index (χ3n) is 3.34. The van der Waals surface area contributed by atoms with Crippen LogP contribution in [0.25, 0.3) is 0 Å². The van der Waals surface area contributed by atoms with Crippen molar-refractivity contribution in [3.63, 3.8) is 0 Å². The van der Waals surface area contributed by atoms with E-state index in [1.165, 1.54) is 17.2 Å². The molecule has 0 saturated heterocycles. The second kappa shape index (κ2) is 7.00. The van der Waals surface area contributed by atoms with Crippen LogP contribution in [0.4, 0.5) is 4.39 Å². The maximum absolute atomic E-state index is 13.5. The van der Waals surface area contributed by atoms with E-state index in [9.17, 15) is 4.39 Å². The molecular weight excluding hydrogens is 317 g/mol. The Morgan fingerprint density at radius 2 is 1.85 bits per heavy atom. The van der Waals surface area contributed by atoms with Gasteiger partial charge in [-0.3, -0.25) is 0 Å². The third-order valence-corrected chi connectivity index (χ3v) is 4.07. The van der Waals surface area contributed by atoms with E-state index >= 15 is 0 Å². The maximum atomic E-state index is 13.5. The molecule has 106 valence electrons. The van der Waals surface area contributed by atoms with E-state index in [-0.39, 0.29) is 11.9 Å². The Balaban J connectivity index is 2.26. The Kier molecular flexibility index (Phi) is 5.32. The molecule has 0 amide bonds. The van der Waals surface area contributed by atoms with Crippen LogP contribution in [0.5, 0.6) is 0 Å². The monoisotopic (exact) mass is 335 g/mol. The fraction of sp³-hybridized carbons (Fsp3) is 0.294. The topological polar surface area (TPSA) is 12.0 Å². The van der Waals surface area contributed by atoms with Gasteiger partial charge in [0.25, 0.3) is 0 Å². The summed E-state index contributed by atoms with van der Waals surface area (Å²) in [6.07, 6.45) is 0.843. The molecule has 1 N–H and O–H groups in total. The Bertz CT molecular complexity index is 566. The molecule has 3 heteroatoms. The molecule has 2 aromatic rings. The van der Waals surface area contributed by atoms with Crippen molar-refractivity contribution in [1.82, 2.24) is 5.32 Å². The van der Waals surface area contributed by atoms with Gasteiger partial charge in [-0.25, -0.2) is 4.39 Å². The van der Waals surface area contributed by atoms with Crippen molar-refractivity contribution >= 4 is 15.9 Å². The predicted molar refractivity (Wildman–Crippen MR) is 85.4 cm³/mol. The second-order valence-electron chi connectivity index (χ2n) is 4.97. The van der Waals surface area contributed by atoms with E-state index in [2.05, 4.69) is 59.4 Å². The highest BCUT2D eigenvalue weighted by Gasteiger charge is 2.15. The van der Waals surface area contributed by atoms with Gasteiger partial charge in [0, 0.05) is 10.5 Å². The molecule has 0 aliphatic carbocycles. The van der Waals surface area contributed by atoms with Crippen molar-refractivity contribution in [1.29, 1.82) is 0 Å². The molecule has 0 radical (unpaired) electrons. The number of hydrogen-bond acceptors (Lipinski definition) is 1. The molecule has 0 bridgehead atoms. The van der Waals surface area contributed by atoms with Crippen LogP contribution < -0.4 is 5.32 Å². The van der Waals surface area contributed by atoms with Crippen molar-refractivity contribution in [3.05, 3.63) is 69.4 Å². The summed E-state index contributed by atoms with van der Waals surface area (Å²) in [7, 11) is 0. The largest absolute Gasteiger partial charge is 0.310 e. The van der Waals surface area contributed by atoms with Crippen molar-refractivity contribution < 1.29 is 4.39 Å². The number of aryl methyl sites for hydroxylation is 1. The van der Waals surface area contributed by atoms with Crippen LogP contribution >= 0.6 is 15.9 Å². The molecule has 0 saturated carbocycles. The Hall–Kier alpha value is -1.19. The summed E-state index contributed by atoms with van der Waals surface area (Å²) in [6, 6.07) is 13.4. The molecule has 20 heavy (non-hydrogen) atoms. The number of benzene rings is 2. The second-order valence-corrected chi connectivity index (χ2v) is 5.82. The molecule has 0 aliphatic heterocycles. The van der Waals surface area contributed by atoms with Crippen LogP contribution in [0.2, 0.25) is 0 Å². The van der Waals surface area contributed by atoms with Crippen molar-refractivity contribution in [2.24, 2.45) is 0 Å². The quantitative estimate of drug-likeness (QED) is 0.828. The van der Waals surface area contributed by atoms with E-state index in [0.29, 0.717) is 0 Å². The van der Waals surface area contributed by atoms with Gasteiger partial charge in [0.2, 0.25) is 0 Å². The summed E-state index contributed by atoms with van der Waals surface area (Å²) in [6.45, 7) is 4.99. The molecule has 2 rings (SSSR count). The normalized spacial score (nSPS) is 12.4. The highest BCUT2D eigenvalue weighted by molar-refractivity contribution is 9.10.